The summed E-state index contributed by atoms with van der Waals surface area (Å²) in [5.74, 6) is 0.417. The van der Waals surface area contributed by atoms with Gasteiger partial charge in [0, 0.05) is 19.2 Å². The molecule has 0 aliphatic carbocycles. The summed E-state index contributed by atoms with van der Waals surface area (Å²) in [4.78, 5) is 2.57. The molecule has 1 heterocycles. The second-order valence-electron chi connectivity index (χ2n) is 4.82. The molecule has 0 aromatic carbocycles. The van der Waals surface area contributed by atoms with Crippen molar-refractivity contribution in [1.82, 2.24) is 10.2 Å². The molecule has 1 saturated heterocycles. The van der Waals surface area contributed by atoms with Crippen molar-refractivity contribution in [3.05, 3.63) is 0 Å². The lowest BCUT2D eigenvalue weighted by Gasteiger charge is -2.37. The van der Waals surface area contributed by atoms with Crippen molar-refractivity contribution in [3.63, 3.8) is 0 Å². The van der Waals surface area contributed by atoms with Gasteiger partial charge in [0.15, 0.2) is 0 Å². The normalized spacial score (nSPS) is 25.4. The molecule has 1 aliphatic rings. The summed E-state index contributed by atoms with van der Waals surface area (Å²) >= 11 is 0. The molecule has 1 aliphatic heterocycles. The number of hydrogen-bond acceptors (Lipinski definition) is 3. The molecule has 2 unspecified atom stereocenters. The molecule has 0 aromatic heterocycles. The van der Waals surface area contributed by atoms with Gasteiger partial charge in [-0.1, -0.05) is 13.3 Å². The molecule has 15 heavy (non-hydrogen) atoms. The second-order valence-corrected chi connectivity index (χ2v) is 4.82. The van der Waals surface area contributed by atoms with Gasteiger partial charge in [-0.25, -0.2) is 0 Å². The van der Waals surface area contributed by atoms with Crippen LogP contribution in [0.15, 0.2) is 0 Å². The first-order valence-corrected chi connectivity index (χ1v) is 6.27. The van der Waals surface area contributed by atoms with Gasteiger partial charge in [-0.05, 0) is 45.3 Å². The Balaban J connectivity index is 2.35. The molecule has 3 heteroatoms. The summed E-state index contributed by atoms with van der Waals surface area (Å²) in [6.07, 6.45) is 5.28. The van der Waals surface area contributed by atoms with Crippen LogP contribution in [0.1, 0.15) is 32.6 Å². The summed E-state index contributed by atoms with van der Waals surface area (Å²) in [5, 5.41) is 12.3. The Bertz CT molecular complexity index is 164. The Morgan fingerprint density at radius 2 is 2.27 bits per heavy atom. The first kappa shape index (κ1) is 12.9. The molecule has 90 valence electrons. The summed E-state index contributed by atoms with van der Waals surface area (Å²) in [7, 11) is 2.02. The van der Waals surface area contributed by atoms with E-state index in [4.69, 9.17) is 5.11 Å². The third-order valence-electron chi connectivity index (χ3n) is 3.33. The Morgan fingerprint density at radius 1 is 1.47 bits per heavy atom. The first-order chi connectivity index (χ1) is 7.27. The number of rotatable bonds is 6. The highest BCUT2D eigenvalue weighted by Gasteiger charge is 2.22. The molecule has 0 radical (unpaired) electrons. The standard InChI is InChI=1S/C12H26N2O/c1-11(10-15)9-14-8-4-3-5-12(14)6-7-13-2/h11-13,15H,3-10H2,1-2H3. The predicted molar refractivity (Wildman–Crippen MR) is 64.0 cm³/mol. The van der Waals surface area contributed by atoms with E-state index in [1.54, 1.807) is 0 Å². The van der Waals surface area contributed by atoms with E-state index in [9.17, 15) is 0 Å². The minimum Gasteiger partial charge on any atom is -0.396 e. The SMILES string of the molecule is CNCCC1CCCCN1CC(C)CO. The van der Waals surface area contributed by atoms with Gasteiger partial charge >= 0.3 is 0 Å². The average molecular weight is 214 g/mol. The van der Waals surface area contributed by atoms with Crippen molar-refractivity contribution in [2.24, 2.45) is 5.92 Å². The molecular weight excluding hydrogens is 188 g/mol. The van der Waals surface area contributed by atoms with E-state index in [2.05, 4.69) is 17.1 Å². The number of piperidine rings is 1. The molecule has 1 fully saturated rings. The summed E-state index contributed by atoms with van der Waals surface area (Å²) < 4.78 is 0. The monoisotopic (exact) mass is 214 g/mol. The average Bonchev–Trinajstić information content (AvgIpc) is 2.28. The van der Waals surface area contributed by atoms with Crippen LogP contribution in [-0.4, -0.2) is 49.3 Å². The van der Waals surface area contributed by atoms with Gasteiger partial charge in [0.25, 0.3) is 0 Å². The van der Waals surface area contributed by atoms with Crippen LogP contribution in [0.5, 0.6) is 0 Å². The van der Waals surface area contributed by atoms with E-state index >= 15 is 0 Å². The molecule has 1 rings (SSSR count). The van der Waals surface area contributed by atoms with E-state index in [-0.39, 0.29) is 0 Å². The van der Waals surface area contributed by atoms with Crippen LogP contribution in [0.2, 0.25) is 0 Å². The number of nitrogens with zero attached hydrogens (tertiary/aromatic N) is 1. The number of aliphatic hydroxyl groups is 1. The summed E-state index contributed by atoms with van der Waals surface area (Å²) in [6, 6.07) is 0.736. The zero-order valence-corrected chi connectivity index (χ0v) is 10.2. The maximum absolute atomic E-state index is 9.09. The van der Waals surface area contributed by atoms with Crippen LogP contribution in [0, 0.1) is 5.92 Å². The lowest BCUT2D eigenvalue weighted by atomic mass is 9.98. The van der Waals surface area contributed by atoms with Crippen LogP contribution in [0.3, 0.4) is 0 Å². The van der Waals surface area contributed by atoms with Crippen LogP contribution in [-0.2, 0) is 0 Å². The van der Waals surface area contributed by atoms with Gasteiger partial charge in [-0.2, -0.15) is 0 Å². The van der Waals surface area contributed by atoms with Crippen molar-refractivity contribution < 1.29 is 5.11 Å². The zero-order valence-electron chi connectivity index (χ0n) is 10.2. The minimum absolute atomic E-state index is 0.315. The van der Waals surface area contributed by atoms with Crippen molar-refractivity contribution in [2.75, 3.05) is 33.3 Å². The Labute approximate surface area is 93.9 Å². The molecule has 0 aromatic rings. The third kappa shape index (κ3) is 4.49. The van der Waals surface area contributed by atoms with Crippen LogP contribution in [0.25, 0.3) is 0 Å². The van der Waals surface area contributed by atoms with Gasteiger partial charge in [-0.15, -0.1) is 0 Å². The molecule has 0 amide bonds. The van der Waals surface area contributed by atoms with Gasteiger partial charge in [-0.3, -0.25) is 4.90 Å². The smallest absolute Gasteiger partial charge is 0.0468 e. The van der Waals surface area contributed by atoms with E-state index in [0.717, 1.165) is 19.1 Å². The van der Waals surface area contributed by atoms with Crippen LogP contribution >= 0.6 is 0 Å². The van der Waals surface area contributed by atoms with Crippen molar-refractivity contribution in [1.29, 1.82) is 0 Å². The van der Waals surface area contributed by atoms with Crippen LogP contribution in [0.4, 0.5) is 0 Å². The van der Waals surface area contributed by atoms with E-state index in [0.29, 0.717) is 12.5 Å². The predicted octanol–water partition coefficient (Wildman–Crippen LogP) is 1.08. The maximum atomic E-state index is 9.09. The van der Waals surface area contributed by atoms with Gasteiger partial charge in [0.05, 0.1) is 0 Å². The number of aliphatic hydroxyl groups excluding tert-OH is 1. The highest BCUT2D eigenvalue weighted by atomic mass is 16.3. The highest BCUT2D eigenvalue weighted by molar-refractivity contribution is 4.78. The minimum atomic E-state index is 0.315. The fourth-order valence-electron chi connectivity index (χ4n) is 2.40. The number of nitrogens with one attached hydrogen (secondary N) is 1. The Hall–Kier alpha value is -0.120. The maximum Gasteiger partial charge on any atom is 0.0468 e. The molecule has 2 atom stereocenters. The van der Waals surface area contributed by atoms with Crippen molar-refractivity contribution in [3.8, 4) is 0 Å². The number of hydrogen-bond donors (Lipinski definition) is 2. The molecule has 3 nitrogen and oxygen atoms in total. The van der Waals surface area contributed by atoms with Crippen molar-refractivity contribution >= 4 is 0 Å². The molecule has 0 bridgehead atoms. The molecular formula is C12H26N2O. The number of likely N-dealkylation sites (tertiary alicyclic amines) is 1. The lowest BCUT2D eigenvalue weighted by Crippen LogP contribution is -2.43. The lowest BCUT2D eigenvalue weighted by molar-refractivity contribution is 0.102. The van der Waals surface area contributed by atoms with Gasteiger partial charge in [0.2, 0.25) is 0 Å². The summed E-state index contributed by atoms with van der Waals surface area (Å²) in [5.41, 5.74) is 0. The molecule has 0 saturated carbocycles. The topological polar surface area (TPSA) is 35.5 Å². The highest BCUT2D eigenvalue weighted by Crippen LogP contribution is 2.20. The van der Waals surface area contributed by atoms with E-state index in [1.807, 2.05) is 7.05 Å². The van der Waals surface area contributed by atoms with E-state index in [1.165, 1.54) is 32.2 Å². The fourth-order valence-corrected chi connectivity index (χ4v) is 2.40. The van der Waals surface area contributed by atoms with E-state index < -0.39 is 0 Å². The van der Waals surface area contributed by atoms with Gasteiger partial charge < -0.3 is 10.4 Å². The third-order valence-corrected chi connectivity index (χ3v) is 3.33. The second kappa shape index (κ2) is 7.20. The van der Waals surface area contributed by atoms with Gasteiger partial charge in [0.1, 0.15) is 0 Å². The van der Waals surface area contributed by atoms with Crippen molar-refractivity contribution in [2.45, 2.75) is 38.6 Å². The van der Waals surface area contributed by atoms with Crippen LogP contribution < -0.4 is 5.32 Å². The molecule has 0 spiro atoms. The summed E-state index contributed by atoms with van der Waals surface area (Å²) in [6.45, 7) is 5.83. The zero-order chi connectivity index (χ0) is 11.1. The Morgan fingerprint density at radius 3 is 2.93 bits per heavy atom. The molecule has 2 N–H and O–H groups in total. The Kier molecular flexibility index (Phi) is 6.22. The quantitative estimate of drug-likeness (QED) is 0.694. The fraction of sp³-hybridized carbons (Fsp3) is 1.00. The largest absolute Gasteiger partial charge is 0.396 e. The first-order valence-electron chi connectivity index (χ1n) is 6.27.